The van der Waals surface area contributed by atoms with Crippen LogP contribution in [0.4, 0.5) is 0 Å². The third-order valence-electron chi connectivity index (χ3n) is 9.47. The molecule has 0 aliphatic heterocycles. The molecule has 2 aromatic heterocycles. The summed E-state index contributed by atoms with van der Waals surface area (Å²) in [6.07, 6.45) is 0. The van der Waals surface area contributed by atoms with Crippen molar-refractivity contribution in [3.05, 3.63) is 158 Å². The summed E-state index contributed by atoms with van der Waals surface area (Å²) < 4.78 is 4.02. The Hall–Kier alpha value is -5.28. The fourth-order valence-electron chi connectivity index (χ4n) is 7.46. The highest BCUT2D eigenvalue weighted by Crippen LogP contribution is 2.48. The van der Waals surface area contributed by atoms with Gasteiger partial charge in [0.05, 0.1) is 0 Å². The van der Waals surface area contributed by atoms with E-state index in [9.17, 15) is 0 Å². The maximum absolute atomic E-state index is 2.46. The predicted molar refractivity (Wildman–Crippen MR) is 204 cm³/mol. The van der Waals surface area contributed by atoms with Crippen LogP contribution in [0.5, 0.6) is 0 Å². The van der Waals surface area contributed by atoms with Crippen molar-refractivity contribution in [2.24, 2.45) is 0 Å². The molecule has 10 rings (SSSR count). The van der Waals surface area contributed by atoms with Crippen LogP contribution in [0.1, 0.15) is 0 Å². The highest BCUT2D eigenvalue weighted by molar-refractivity contribution is 7.26. The van der Waals surface area contributed by atoms with E-state index < -0.39 is 0 Å². The highest BCUT2D eigenvalue weighted by atomic mass is 32.1. The van der Waals surface area contributed by atoms with Crippen LogP contribution in [-0.4, -0.2) is 0 Å². The molecule has 214 valence electrons. The molecule has 46 heavy (non-hydrogen) atoms. The number of rotatable bonds is 3. The average molecular weight is 619 g/mol. The van der Waals surface area contributed by atoms with Gasteiger partial charge in [-0.15, -0.1) is 22.7 Å². The normalized spacial score (nSPS) is 11.9. The molecule has 0 spiro atoms. The second-order valence-electron chi connectivity index (χ2n) is 12.0. The minimum Gasteiger partial charge on any atom is -0.135 e. The zero-order valence-corrected chi connectivity index (χ0v) is 26.5. The molecule has 0 unspecified atom stereocenters. The van der Waals surface area contributed by atoms with Crippen molar-refractivity contribution in [2.75, 3.05) is 0 Å². The first-order valence-corrected chi connectivity index (χ1v) is 17.3. The van der Waals surface area contributed by atoms with E-state index in [2.05, 4.69) is 158 Å². The Labute approximate surface area is 274 Å². The molecule has 0 radical (unpaired) electrons. The van der Waals surface area contributed by atoms with Crippen LogP contribution in [0.25, 0.3) is 95.3 Å². The molecule has 0 amide bonds. The van der Waals surface area contributed by atoms with Crippen LogP contribution in [-0.2, 0) is 0 Å². The third kappa shape index (κ3) is 3.84. The van der Waals surface area contributed by atoms with Crippen LogP contribution in [0.2, 0.25) is 0 Å². The van der Waals surface area contributed by atoms with E-state index in [1.807, 2.05) is 22.7 Å². The lowest BCUT2D eigenvalue weighted by Gasteiger charge is -2.19. The molecule has 0 fully saturated rings. The summed E-state index contributed by atoms with van der Waals surface area (Å²) in [7, 11) is 0. The van der Waals surface area contributed by atoms with E-state index >= 15 is 0 Å². The molecule has 8 aromatic carbocycles. The molecule has 0 aliphatic carbocycles. The molecule has 2 heterocycles. The summed E-state index contributed by atoms with van der Waals surface area (Å²) in [5.41, 5.74) is 6.44. The van der Waals surface area contributed by atoms with Crippen molar-refractivity contribution in [3.8, 4) is 32.7 Å². The molecular weight excluding hydrogens is 593 g/mol. The van der Waals surface area contributed by atoms with Crippen LogP contribution >= 0.6 is 22.7 Å². The maximum Gasteiger partial charge on any atom is 0.0362 e. The topological polar surface area (TPSA) is 0 Å². The SMILES string of the molecule is c1ccc(-c2cc3c(ccc4sc5ccc(-c6c7ccccc7c(-c7cccc8ccccc78)c7ccccc67)cc5c43)s2)cc1. The van der Waals surface area contributed by atoms with Crippen molar-refractivity contribution < 1.29 is 0 Å². The Balaban J connectivity index is 1.27. The average Bonchev–Trinajstić information content (AvgIpc) is 3.72. The van der Waals surface area contributed by atoms with Crippen molar-refractivity contribution >= 4 is 85.2 Å². The molecular formula is C44H26S2. The van der Waals surface area contributed by atoms with Gasteiger partial charge >= 0.3 is 0 Å². The number of thiophene rings is 2. The van der Waals surface area contributed by atoms with Crippen molar-refractivity contribution in [2.45, 2.75) is 0 Å². The second kappa shape index (κ2) is 10.1. The fourth-order valence-corrected chi connectivity index (χ4v) is 9.64. The first-order chi connectivity index (χ1) is 22.8. The minimum atomic E-state index is 1.26. The zero-order valence-electron chi connectivity index (χ0n) is 24.8. The lowest BCUT2D eigenvalue weighted by molar-refractivity contribution is 1.69. The number of hydrogen-bond donors (Lipinski definition) is 0. The molecule has 0 saturated carbocycles. The second-order valence-corrected chi connectivity index (χ2v) is 14.2. The lowest BCUT2D eigenvalue weighted by Crippen LogP contribution is -1.91. The van der Waals surface area contributed by atoms with Crippen molar-refractivity contribution in [1.82, 2.24) is 0 Å². The summed E-state index contributed by atoms with van der Waals surface area (Å²) >= 11 is 3.78. The molecule has 0 atom stereocenters. The monoisotopic (exact) mass is 618 g/mol. The minimum absolute atomic E-state index is 1.26. The number of benzene rings is 8. The van der Waals surface area contributed by atoms with E-state index in [4.69, 9.17) is 0 Å². The van der Waals surface area contributed by atoms with Gasteiger partial charge in [-0.25, -0.2) is 0 Å². The summed E-state index contributed by atoms with van der Waals surface area (Å²) in [4.78, 5) is 1.32. The van der Waals surface area contributed by atoms with Gasteiger partial charge in [-0.3, -0.25) is 0 Å². The lowest BCUT2D eigenvalue weighted by atomic mass is 9.84. The van der Waals surface area contributed by atoms with Gasteiger partial charge in [-0.2, -0.15) is 0 Å². The van der Waals surface area contributed by atoms with E-state index in [1.54, 1.807) is 0 Å². The quantitative estimate of drug-likeness (QED) is 0.173. The van der Waals surface area contributed by atoms with E-state index in [-0.39, 0.29) is 0 Å². The third-order valence-corrected chi connectivity index (χ3v) is 11.8. The Kier molecular flexibility index (Phi) is 5.72. The van der Waals surface area contributed by atoms with Gasteiger partial charge in [0, 0.05) is 35.1 Å². The molecule has 10 aromatic rings. The van der Waals surface area contributed by atoms with Gasteiger partial charge in [0.15, 0.2) is 0 Å². The van der Waals surface area contributed by atoms with Crippen LogP contribution in [0.3, 0.4) is 0 Å². The maximum atomic E-state index is 2.46. The smallest absolute Gasteiger partial charge is 0.0362 e. The number of fused-ring (bicyclic) bond motifs is 8. The molecule has 0 N–H and O–H groups in total. The Bertz CT molecular complexity index is 2740. The van der Waals surface area contributed by atoms with Gasteiger partial charge in [0.2, 0.25) is 0 Å². The molecule has 0 aliphatic rings. The summed E-state index contributed by atoms with van der Waals surface area (Å²) in [6, 6.07) is 58.3. The molecule has 0 saturated heterocycles. The Morgan fingerprint density at radius 1 is 0.326 bits per heavy atom. The highest BCUT2D eigenvalue weighted by Gasteiger charge is 2.19. The summed E-state index contributed by atoms with van der Waals surface area (Å²) in [5, 5.41) is 11.8. The largest absolute Gasteiger partial charge is 0.135 e. The van der Waals surface area contributed by atoms with Crippen molar-refractivity contribution in [3.63, 3.8) is 0 Å². The van der Waals surface area contributed by atoms with Gasteiger partial charge in [0.1, 0.15) is 0 Å². The van der Waals surface area contributed by atoms with Crippen LogP contribution in [0.15, 0.2) is 158 Å². The zero-order chi connectivity index (χ0) is 30.2. The van der Waals surface area contributed by atoms with Crippen molar-refractivity contribution in [1.29, 1.82) is 0 Å². The van der Waals surface area contributed by atoms with Gasteiger partial charge in [-0.1, -0.05) is 127 Å². The Morgan fingerprint density at radius 3 is 1.65 bits per heavy atom. The van der Waals surface area contributed by atoms with Crippen LogP contribution in [0, 0.1) is 0 Å². The first-order valence-electron chi connectivity index (χ1n) is 15.7. The van der Waals surface area contributed by atoms with E-state index in [0.29, 0.717) is 0 Å². The number of hydrogen-bond acceptors (Lipinski definition) is 2. The first kappa shape index (κ1) is 26.0. The molecule has 0 nitrogen and oxygen atoms in total. The fraction of sp³-hybridized carbons (Fsp3) is 0. The predicted octanol–water partition coefficient (Wildman–Crippen LogP) is 13.7. The van der Waals surface area contributed by atoms with Gasteiger partial charge in [0.25, 0.3) is 0 Å². The summed E-state index contributed by atoms with van der Waals surface area (Å²) in [6.45, 7) is 0. The summed E-state index contributed by atoms with van der Waals surface area (Å²) in [5.74, 6) is 0. The molecule has 2 heteroatoms. The van der Waals surface area contributed by atoms with Gasteiger partial charge in [-0.05, 0) is 90.5 Å². The van der Waals surface area contributed by atoms with E-state index in [0.717, 1.165) is 0 Å². The standard InChI is InChI=1S/C44H26S2/c1-2-12-28(13-3-1)41-26-37-39(46-41)23-24-40-44(37)36-25-29(21-22-38(36)45-40)42-32-16-6-8-18-34(32)43(35-19-9-7-17-33(35)42)31-20-10-14-27-11-4-5-15-30(27)31/h1-26H. The van der Waals surface area contributed by atoms with Gasteiger partial charge < -0.3 is 0 Å². The van der Waals surface area contributed by atoms with E-state index in [1.165, 1.54) is 95.3 Å². The Morgan fingerprint density at radius 2 is 0.891 bits per heavy atom. The molecule has 0 bridgehead atoms. The van der Waals surface area contributed by atoms with Crippen LogP contribution < -0.4 is 0 Å².